The van der Waals surface area contributed by atoms with Gasteiger partial charge in [0.25, 0.3) is 5.91 Å². The highest BCUT2D eigenvalue weighted by molar-refractivity contribution is 7.20. The molecule has 4 rings (SSSR count). The fourth-order valence-corrected chi connectivity index (χ4v) is 3.95. The van der Waals surface area contributed by atoms with E-state index in [4.69, 9.17) is 9.62 Å². The molecule has 0 radical (unpaired) electrons. The first kappa shape index (κ1) is 18.9. The van der Waals surface area contributed by atoms with E-state index in [-0.39, 0.29) is 5.91 Å². The molecule has 0 aliphatic carbocycles. The molecule has 2 aromatic carbocycles. The Bertz CT molecular complexity index is 1160. The van der Waals surface area contributed by atoms with E-state index in [0.717, 1.165) is 21.2 Å². The number of carbonyl (C=O) groups excluding carboxylic acids is 2. The number of fused-ring (bicyclic) bond motifs is 1. The minimum Gasteiger partial charge on any atom is -0.459 e. The molecular formula is C22H18N2O4S. The van der Waals surface area contributed by atoms with Gasteiger partial charge < -0.3 is 9.73 Å². The maximum absolute atomic E-state index is 12.1. The lowest BCUT2D eigenvalue weighted by molar-refractivity contribution is -0.120. The summed E-state index contributed by atoms with van der Waals surface area (Å²) in [5, 5.41) is 12.5. The fraction of sp³-hybridized carbons (Fsp3) is 0.0909. The van der Waals surface area contributed by atoms with Gasteiger partial charge in [0, 0.05) is 10.3 Å². The van der Waals surface area contributed by atoms with E-state index >= 15 is 0 Å². The Morgan fingerprint density at radius 1 is 1.00 bits per heavy atom. The van der Waals surface area contributed by atoms with Crippen molar-refractivity contribution in [3.63, 3.8) is 0 Å². The van der Waals surface area contributed by atoms with E-state index in [1.165, 1.54) is 11.3 Å². The quantitative estimate of drug-likeness (QED) is 0.331. The Morgan fingerprint density at radius 3 is 2.62 bits per heavy atom. The third-order valence-electron chi connectivity index (χ3n) is 4.46. The zero-order chi connectivity index (χ0) is 20.2. The topological polar surface area (TPSA) is 91.6 Å². The maximum Gasteiger partial charge on any atom is 0.284 e. The molecule has 2 aromatic heterocycles. The molecule has 29 heavy (non-hydrogen) atoms. The van der Waals surface area contributed by atoms with Crippen LogP contribution in [0.15, 0.2) is 71.1 Å². The smallest absolute Gasteiger partial charge is 0.284 e. The first-order valence-corrected chi connectivity index (χ1v) is 9.82. The Kier molecular flexibility index (Phi) is 5.41. The molecule has 7 heteroatoms. The van der Waals surface area contributed by atoms with Crippen LogP contribution in [0.1, 0.15) is 21.0 Å². The van der Waals surface area contributed by atoms with Gasteiger partial charge in [0.05, 0.1) is 17.8 Å². The molecule has 0 saturated heterocycles. The number of thiophene rings is 1. The third kappa shape index (κ3) is 4.37. The number of amides is 2. The van der Waals surface area contributed by atoms with E-state index in [2.05, 4.69) is 5.32 Å². The zero-order valence-electron chi connectivity index (χ0n) is 15.3. The van der Waals surface area contributed by atoms with Gasteiger partial charge in [0.2, 0.25) is 5.91 Å². The van der Waals surface area contributed by atoms with Gasteiger partial charge >= 0.3 is 0 Å². The highest BCUT2D eigenvalue weighted by atomic mass is 32.1. The van der Waals surface area contributed by atoms with Crippen molar-refractivity contribution in [3.8, 4) is 11.3 Å². The number of hydrogen-bond donors (Lipinski definition) is 3. The average molecular weight is 406 g/mol. The second-order valence-corrected chi connectivity index (χ2v) is 7.59. The number of hydrogen-bond acceptors (Lipinski definition) is 5. The molecule has 0 bridgehead atoms. The Labute approximate surface area is 170 Å². The third-order valence-corrected chi connectivity index (χ3v) is 5.57. The molecule has 2 heterocycles. The summed E-state index contributed by atoms with van der Waals surface area (Å²) < 4.78 is 6.80. The number of rotatable bonds is 6. The standard InChI is InChI=1S/C22H18N2O4S/c25-21(10-14-4-2-1-3-5-14)23-13-17-7-8-18(28-17)15-6-9-19-16(11-15)12-20(29-19)22(26)24-27/h1-9,11-12,27H,10,13H2,(H,23,25)(H,24,26). The predicted octanol–water partition coefficient (Wildman–Crippen LogP) is 4.14. The van der Waals surface area contributed by atoms with Crippen LogP contribution < -0.4 is 10.8 Å². The van der Waals surface area contributed by atoms with Gasteiger partial charge in [-0.2, -0.15) is 0 Å². The molecule has 0 aliphatic heterocycles. The van der Waals surface area contributed by atoms with Crippen LogP contribution in [-0.2, 0) is 17.8 Å². The molecule has 4 aromatic rings. The molecule has 6 nitrogen and oxygen atoms in total. The Hall–Kier alpha value is -3.42. The van der Waals surface area contributed by atoms with Gasteiger partial charge in [0.1, 0.15) is 11.5 Å². The molecule has 0 unspecified atom stereocenters. The molecule has 0 saturated carbocycles. The van der Waals surface area contributed by atoms with E-state index < -0.39 is 5.91 Å². The highest BCUT2D eigenvalue weighted by Gasteiger charge is 2.12. The summed E-state index contributed by atoms with van der Waals surface area (Å²) in [6.45, 7) is 0.313. The first-order chi connectivity index (χ1) is 14.1. The molecule has 0 aliphatic rings. The van der Waals surface area contributed by atoms with Crippen molar-refractivity contribution < 1.29 is 19.2 Å². The second kappa shape index (κ2) is 8.30. The van der Waals surface area contributed by atoms with Gasteiger partial charge in [0.15, 0.2) is 0 Å². The predicted molar refractivity (Wildman–Crippen MR) is 111 cm³/mol. The van der Waals surface area contributed by atoms with E-state index in [1.807, 2.05) is 60.7 Å². The lowest BCUT2D eigenvalue weighted by Crippen LogP contribution is -2.24. The first-order valence-electron chi connectivity index (χ1n) is 9.00. The van der Waals surface area contributed by atoms with Crippen molar-refractivity contribution in [1.82, 2.24) is 10.8 Å². The lowest BCUT2D eigenvalue weighted by atomic mass is 10.1. The second-order valence-electron chi connectivity index (χ2n) is 6.51. The van der Waals surface area contributed by atoms with Gasteiger partial charge in [-0.25, -0.2) is 5.48 Å². The van der Waals surface area contributed by atoms with Crippen LogP contribution in [0, 0.1) is 0 Å². The Morgan fingerprint density at radius 2 is 1.83 bits per heavy atom. The summed E-state index contributed by atoms with van der Waals surface area (Å²) in [7, 11) is 0. The van der Waals surface area contributed by atoms with Crippen molar-refractivity contribution in [2.45, 2.75) is 13.0 Å². The van der Waals surface area contributed by atoms with Crippen molar-refractivity contribution in [2.75, 3.05) is 0 Å². The molecule has 2 amide bonds. The summed E-state index contributed by atoms with van der Waals surface area (Å²) in [5.74, 6) is 0.744. The highest BCUT2D eigenvalue weighted by Crippen LogP contribution is 2.31. The van der Waals surface area contributed by atoms with Crippen LogP contribution >= 0.6 is 11.3 Å². The Balaban J connectivity index is 1.43. The number of benzene rings is 2. The number of nitrogens with one attached hydrogen (secondary N) is 2. The van der Waals surface area contributed by atoms with Gasteiger partial charge in [-0.05, 0) is 47.3 Å². The van der Waals surface area contributed by atoms with Crippen molar-refractivity contribution in [2.24, 2.45) is 0 Å². The van der Waals surface area contributed by atoms with E-state index in [9.17, 15) is 9.59 Å². The summed E-state index contributed by atoms with van der Waals surface area (Å²) >= 11 is 1.30. The SMILES string of the molecule is O=C(Cc1ccccc1)NCc1ccc(-c2ccc3sc(C(=O)NO)cc3c2)o1. The average Bonchev–Trinajstić information content (AvgIpc) is 3.39. The van der Waals surface area contributed by atoms with Crippen LogP contribution in [0.3, 0.4) is 0 Å². The zero-order valence-corrected chi connectivity index (χ0v) is 16.2. The van der Waals surface area contributed by atoms with E-state index in [1.54, 1.807) is 11.5 Å². The largest absolute Gasteiger partial charge is 0.459 e. The molecule has 146 valence electrons. The van der Waals surface area contributed by atoms with Gasteiger partial charge in [-0.15, -0.1) is 11.3 Å². The number of hydroxylamine groups is 1. The molecule has 3 N–H and O–H groups in total. The van der Waals surface area contributed by atoms with Crippen LogP contribution in [-0.4, -0.2) is 17.0 Å². The molecular weight excluding hydrogens is 388 g/mol. The lowest BCUT2D eigenvalue weighted by Gasteiger charge is -2.03. The number of furan rings is 1. The summed E-state index contributed by atoms with van der Waals surface area (Å²) in [6, 6.07) is 20.7. The molecule has 0 atom stereocenters. The minimum absolute atomic E-state index is 0.0662. The van der Waals surface area contributed by atoms with Gasteiger partial charge in [-0.1, -0.05) is 30.3 Å². The van der Waals surface area contributed by atoms with Crippen molar-refractivity contribution in [3.05, 3.63) is 82.9 Å². The van der Waals surface area contributed by atoms with Crippen LogP contribution in [0.2, 0.25) is 0 Å². The fourth-order valence-electron chi connectivity index (χ4n) is 3.02. The van der Waals surface area contributed by atoms with Crippen molar-refractivity contribution in [1.29, 1.82) is 0 Å². The summed E-state index contributed by atoms with van der Waals surface area (Å²) in [5.41, 5.74) is 3.48. The van der Waals surface area contributed by atoms with Crippen molar-refractivity contribution >= 4 is 33.2 Å². The maximum atomic E-state index is 12.1. The normalized spacial score (nSPS) is 10.8. The van der Waals surface area contributed by atoms with Crippen LogP contribution in [0.25, 0.3) is 21.4 Å². The number of carbonyl (C=O) groups is 2. The van der Waals surface area contributed by atoms with Gasteiger partial charge in [-0.3, -0.25) is 14.8 Å². The summed E-state index contributed by atoms with van der Waals surface area (Å²) in [4.78, 5) is 24.1. The van der Waals surface area contributed by atoms with Crippen LogP contribution in [0.5, 0.6) is 0 Å². The van der Waals surface area contributed by atoms with E-state index in [0.29, 0.717) is 29.4 Å². The van der Waals surface area contributed by atoms with Crippen LogP contribution in [0.4, 0.5) is 0 Å². The summed E-state index contributed by atoms with van der Waals surface area (Å²) in [6.07, 6.45) is 0.326. The molecule has 0 fully saturated rings. The minimum atomic E-state index is -0.528. The molecule has 0 spiro atoms. The monoisotopic (exact) mass is 406 g/mol.